The normalized spacial score (nSPS) is 11.8. The lowest BCUT2D eigenvalue weighted by Crippen LogP contribution is -2.07. The van der Waals surface area contributed by atoms with E-state index in [1.165, 1.54) is 75.3 Å². The maximum absolute atomic E-state index is 2.42. The first-order valence-corrected chi connectivity index (χ1v) is 16.8. The van der Waals surface area contributed by atoms with E-state index in [4.69, 9.17) is 0 Å². The van der Waals surface area contributed by atoms with Crippen molar-refractivity contribution in [1.82, 2.24) is 4.57 Å². The highest BCUT2D eigenvalue weighted by molar-refractivity contribution is 7.19. The van der Waals surface area contributed by atoms with Crippen molar-refractivity contribution in [3.63, 3.8) is 0 Å². The number of hydrogen-bond donors (Lipinski definition) is 0. The van der Waals surface area contributed by atoms with Crippen LogP contribution in [-0.4, -0.2) is 4.57 Å². The monoisotopic (exact) mass is 616 g/mol. The molecule has 0 radical (unpaired) electrons. The third kappa shape index (κ3) is 3.97. The molecule has 0 aliphatic heterocycles. The number of thiophene rings is 1. The third-order valence-electron chi connectivity index (χ3n) is 9.54. The van der Waals surface area contributed by atoms with Crippen molar-refractivity contribution < 1.29 is 0 Å². The number of nitrogens with zero attached hydrogens (tertiary/aromatic N) is 2. The Kier molecular flexibility index (Phi) is 5.78. The number of hydrogen-bond acceptors (Lipinski definition) is 2. The first-order valence-electron chi connectivity index (χ1n) is 16.0. The molecule has 3 heteroatoms. The predicted molar refractivity (Wildman–Crippen MR) is 202 cm³/mol. The van der Waals surface area contributed by atoms with Gasteiger partial charge in [0.05, 0.1) is 11.0 Å². The first kappa shape index (κ1) is 26.3. The Labute approximate surface area is 276 Å². The van der Waals surface area contributed by atoms with Crippen molar-refractivity contribution in [2.24, 2.45) is 0 Å². The second kappa shape index (κ2) is 10.3. The van der Waals surface area contributed by atoms with E-state index in [9.17, 15) is 0 Å². The lowest BCUT2D eigenvalue weighted by Gasteiger charge is -2.23. The summed E-state index contributed by atoms with van der Waals surface area (Å²) in [5.74, 6) is 0. The molecule has 0 N–H and O–H groups in total. The summed E-state index contributed by atoms with van der Waals surface area (Å²) in [7, 11) is 0. The summed E-state index contributed by atoms with van der Waals surface area (Å²) < 4.78 is 2.42. The molecular formula is C44H28N2S. The Bertz CT molecular complexity index is 2680. The number of para-hydroxylation sites is 4. The van der Waals surface area contributed by atoms with Gasteiger partial charge in [0.15, 0.2) is 0 Å². The maximum atomic E-state index is 2.42. The van der Waals surface area contributed by atoms with Crippen molar-refractivity contribution in [1.29, 1.82) is 0 Å². The van der Waals surface area contributed by atoms with Gasteiger partial charge < -0.3 is 9.47 Å². The molecule has 0 aliphatic rings. The van der Waals surface area contributed by atoms with Gasteiger partial charge in [-0.15, -0.1) is 11.3 Å². The fourth-order valence-corrected chi connectivity index (χ4v) is 8.64. The summed E-state index contributed by atoms with van der Waals surface area (Å²) in [5, 5.41) is 11.6. The van der Waals surface area contributed by atoms with Crippen molar-refractivity contribution in [3.05, 3.63) is 170 Å². The number of benzene rings is 8. The van der Waals surface area contributed by atoms with Crippen LogP contribution in [0.1, 0.15) is 0 Å². The second-order valence-electron chi connectivity index (χ2n) is 12.1. The molecule has 2 nitrogen and oxygen atoms in total. The second-order valence-corrected chi connectivity index (χ2v) is 13.2. The third-order valence-corrected chi connectivity index (χ3v) is 10.6. The van der Waals surface area contributed by atoms with E-state index in [1.54, 1.807) is 0 Å². The molecule has 2 aromatic heterocycles. The van der Waals surface area contributed by atoms with Crippen LogP contribution in [0, 0.1) is 0 Å². The fraction of sp³-hybridized carbons (Fsp3) is 0. The summed E-state index contributed by atoms with van der Waals surface area (Å²) in [6, 6.07) is 61.7. The van der Waals surface area contributed by atoms with Crippen molar-refractivity contribution in [3.8, 4) is 16.1 Å². The summed E-state index contributed by atoms with van der Waals surface area (Å²) in [5.41, 5.74) is 7.24. The Hall–Kier alpha value is -5.90. The lowest BCUT2D eigenvalue weighted by molar-refractivity contribution is 1.18. The van der Waals surface area contributed by atoms with Gasteiger partial charge in [-0.25, -0.2) is 0 Å². The van der Waals surface area contributed by atoms with Gasteiger partial charge in [0.2, 0.25) is 0 Å². The van der Waals surface area contributed by atoms with E-state index in [2.05, 4.69) is 179 Å². The largest absolute Gasteiger partial charge is 0.309 e. The number of rotatable bonds is 5. The smallest absolute Gasteiger partial charge is 0.101 e. The van der Waals surface area contributed by atoms with Gasteiger partial charge in [0.1, 0.15) is 5.00 Å². The zero-order valence-corrected chi connectivity index (χ0v) is 26.3. The molecular weight excluding hydrogens is 589 g/mol. The zero-order chi connectivity index (χ0) is 30.9. The van der Waals surface area contributed by atoms with Crippen LogP contribution in [-0.2, 0) is 0 Å². The molecule has 0 saturated carbocycles. The molecule has 0 atom stereocenters. The molecule has 0 aliphatic carbocycles. The van der Waals surface area contributed by atoms with Gasteiger partial charge in [0.25, 0.3) is 0 Å². The maximum Gasteiger partial charge on any atom is 0.101 e. The van der Waals surface area contributed by atoms with E-state index in [-0.39, 0.29) is 0 Å². The highest BCUT2D eigenvalue weighted by Crippen LogP contribution is 2.47. The standard InChI is InChI=1S/C44H28N2S/c1-4-12-31(13-5-1)45(32-14-6-2-7-15-32)41-27-26-40(47-41)34-23-22-29-20-21-30-28-39-44(37-25-24-35(34)42(29)43(30)37)36-18-10-11-19-38(36)46(39)33-16-8-3-9-17-33/h1-28H. The Morgan fingerprint density at radius 2 is 1.04 bits per heavy atom. The highest BCUT2D eigenvalue weighted by Gasteiger charge is 2.21. The molecule has 0 spiro atoms. The molecule has 0 saturated heterocycles. The molecule has 0 bridgehead atoms. The average Bonchev–Trinajstić information content (AvgIpc) is 3.75. The summed E-state index contributed by atoms with van der Waals surface area (Å²) in [4.78, 5) is 3.61. The molecule has 10 aromatic rings. The average molecular weight is 617 g/mol. The SMILES string of the molecule is c1ccc(N(c2ccccc2)c2ccc(-c3ccc4ccc5cc6c(c7ccc3c4c57)c3ccccc3n6-c3ccccc3)s2)cc1. The fourth-order valence-electron chi connectivity index (χ4n) is 7.55. The Morgan fingerprint density at radius 1 is 0.426 bits per heavy atom. The van der Waals surface area contributed by atoms with Gasteiger partial charge in [-0.2, -0.15) is 0 Å². The minimum atomic E-state index is 1.15. The van der Waals surface area contributed by atoms with Crippen LogP contribution >= 0.6 is 11.3 Å². The Morgan fingerprint density at radius 3 is 1.81 bits per heavy atom. The van der Waals surface area contributed by atoms with Crippen LogP contribution < -0.4 is 4.90 Å². The number of aromatic nitrogens is 1. The van der Waals surface area contributed by atoms with Crippen molar-refractivity contribution in [2.45, 2.75) is 0 Å². The molecule has 8 aromatic carbocycles. The van der Waals surface area contributed by atoms with Gasteiger partial charge in [-0.1, -0.05) is 109 Å². The summed E-state index contributed by atoms with van der Waals surface area (Å²) >= 11 is 1.84. The molecule has 47 heavy (non-hydrogen) atoms. The molecule has 0 amide bonds. The van der Waals surface area contributed by atoms with Gasteiger partial charge in [-0.3, -0.25) is 0 Å². The topological polar surface area (TPSA) is 8.17 Å². The van der Waals surface area contributed by atoms with Crippen LogP contribution in [0.25, 0.3) is 70.3 Å². The zero-order valence-electron chi connectivity index (χ0n) is 25.5. The van der Waals surface area contributed by atoms with Crippen molar-refractivity contribution >= 4 is 81.8 Å². The van der Waals surface area contributed by atoms with Crippen LogP contribution in [0.5, 0.6) is 0 Å². The van der Waals surface area contributed by atoms with E-state index in [1.807, 2.05) is 11.3 Å². The van der Waals surface area contributed by atoms with Crippen LogP contribution in [0.3, 0.4) is 0 Å². The minimum Gasteiger partial charge on any atom is -0.309 e. The Balaban J connectivity index is 1.21. The van der Waals surface area contributed by atoms with Crippen LogP contribution in [0.15, 0.2) is 170 Å². The van der Waals surface area contributed by atoms with Gasteiger partial charge >= 0.3 is 0 Å². The molecule has 220 valence electrons. The van der Waals surface area contributed by atoms with E-state index >= 15 is 0 Å². The van der Waals surface area contributed by atoms with Gasteiger partial charge in [-0.05, 0) is 98.5 Å². The minimum absolute atomic E-state index is 1.15. The van der Waals surface area contributed by atoms with Crippen LogP contribution in [0.4, 0.5) is 16.4 Å². The first-order chi connectivity index (χ1) is 23.3. The number of anilines is 3. The molecule has 0 fully saturated rings. The molecule has 0 unspecified atom stereocenters. The molecule has 10 rings (SSSR count). The lowest BCUT2D eigenvalue weighted by atomic mass is 9.90. The van der Waals surface area contributed by atoms with Crippen molar-refractivity contribution in [2.75, 3.05) is 4.90 Å². The molecule has 2 heterocycles. The van der Waals surface area contributed by atoms with E-state index in [0.29, 0.717) is 0 Å². The quantitative estimate of drug-likeness (QED) is 0.175. The van der Waals surface area contributed by atoms with E-state index < -0.39 is 0 Å². The predicted octanol–water partition coefficient (Wildman–Crippen LogP) is 12.9. The summed E-state index contributed by atoms with van der Waals surface area (Å²) in [6.07, 6.45) is 0. The van der Waals surface area contributed by atoms with Gasteiger partial charge in [0, 0.05) is 32.7 Å². The van der Waals surface area contributed by atoms with E-state index in [0.717, 1.165) is 11.4 Å². The number of fused-ring (bicyclic) bond motifs is 4. The highest BCUT2D eigenvalue weighted by atomic mass is 32.1. The van der Waals surface area contributed by atoms with Crippen LogP contribution in [0.2, 0.25) is 0 Å². The summed E-state index contributed by atoms with van der Waals surface area (Å²) in [6.45, 7) is 0.